The highest BCUT2D eigenvalue weighted by Gasteiger charge is 2.53. The van der Waals surface area contributed by atoms with Crippen LogP contribution in [0.1, 0.15) is 55.1 Å². The molecule has 62 heavy (non-hydrogen) atoms. The highest BCUT2D eigenvalue weighted by Crippen LogP contribution is 2.59. The maximum atomic E-state index is 17.0. The van der Waals surface area contributed by atoms with Gasteiger partial charge < -0.3 is 13.2 Å². The number of alkyl halides is 7. The van der Waals surface area contributed by atoms with Crippen molar-refractivity contribution in [3.8, 4) is 22.3 Å². The van der Waals surface area contributed by atoms with Crippen LogP contribution in [0.15, 0.2) is 112 Å². The first-order valence-corrected chi connectivity index (χ1v) is 20.0. The zero-order chi connectivity index (χ0) is 41.5. The minimum absolute atomic E-state index is 0. The van der Waals surface area contributed by atoms with Crippen molar-refractivity contribution in [2.45, 2.75) is 56.0 Å². The van der Waals surface area contributed by atoms with E-state index in [4.69, 9.17) is 8.83 Å². The number of furan rings is 2. The van der Waals surface area contributed by atoms with E-state index < -0.39 is 66.1 Å². The van der Waals surface area contributed by atoms with Crippen LogP contribution in [0, 0.1) is 0 Å². The minimum Gasteiger partial charge on any atom is -0.455 e. The van der Waals surface area contributed by atoms with E-state index in [0.29, 0.717) is 38.6 Å². The molecule has 1 atom stereocenters. The molecule has 5 nitrogen and oxygen atoms in total. The van der Waals surface area contributed by atoms with Crippen molar-refractivity contribution in [2.75, 3.05) is 0 Å². The van der Waals surface area contributed by atoms with Crippen LogP contribution in [0.25, 0.3) is 104 Å². The van der Waals surface area contributed by atoms with Gasteiger partial charge in [-0.2, -0.15) is 17.6 Å². The summed E-state index contributed by atoms with van der Waals surface area (Å²) in [4.78, 5) is 8.18. The second-order valence-electron chi connectivity index (χ2n) is 16.7. The van der Waals surface area contributed by atoms with Crippen LogP contribution in [0.2, 0.25) is 0 Å². The molecular formula is C49H29F8N3O2. The molecule has 0 saturated carbocycles. The molecule has 2 aliphatic rings. The standard InChI is InChI=1S/C49H28F7N3O2.FH/c1-46(50)16-17-48(53,54)44-38(46)33-26-20-27-35-32(24-12-6-3-7-13-24)42-34(25-14-8-9-15-30(25)60-42)31(23-10-4-2-5-11-23)43(35)61-41(27)37-36-29(59(40(26)37)28(33)21-57-44)22-58-45-39(36)47(51,52)18-19-49(45,55)56;/h2-15,20-22H,16-19H2,1H3;1H. The number of nitrogens with zero attached hydrogens (tertiary/aromatic N) is 3. The Hall–Kier alpha value is -6.76. The summed E-state index contributed by atoms with van der Waals surface area (Å²) in [5.74, 6) is -10.9. The molecular weight excluding hydrogens is 815 g/mol. The molecule has 0 spiro atoms. The van der Waals surface area contributed by atoms with Crippen LogP contribution in [0.5, 0.6) is 0 Å². The predicted molar refractivity (Wildman–Crippen MR) is 223 cm³/mol. The molecule has 6 heterocycles. The summed E-state index contributed by atoms with van der Waals surface area (Å²) >= 11 is 0. The van der Waals surface area contributed by atoms with Gasteiger partial charge >= 0.3 is 0 Å². The van der Waals surface area contributed by atoms with Gasteiger partial charge in [0, 0.05) is 73.7 Å². The number of benzene rings is 5. The van der Waals surface area contributed by atoms with Crippen LogP contribution >= 0.6 is 0 Å². The molecule has 0 amide bonds. The zero-order valence-electron chi connectivity index (χ0n) is 32.4. The number of para-hydroxylation sites is 1. The summed E-state index contributed by atoms with van der Waals surface area (Å²) in [6.07, 6.45) is -1.20. The number of rotatable bonds is 2. The highest BCUT2D eigenvalue weighted by atomic mass is 19.3. The van der Waals surface area contributed by atoms with Crippen molar-refractivity contribution in [3.05, 3.63) is 126 Å². The first kappa shape index (κ1) is 37.0. The quantitative estimate of drug-likeness (QED) is 0.163. The molecule has 5 aromatic carbocycles. The Kier molecular flexibility index (Phi) is 7.04. The van der Waals surface area contributed by atoms with E-state index in [9.17, 15) is 0 Å². The number of hydrogen-bond donors (Lipinski definition) is 0. The Morgan fingerprint density at radius 1 is 0.516 bits per heavy atom. The molecule has 0 bridgehead atoms. The van der Waals surface area contributed by atoms with Gasteiger partial charge in [0.2, 0.25) is 0 Å². The van der Waals surface area contributed by atoms with E-state index >= 15 is 30.7 Å². The molecule has 308 valence electrons. The largest absolute Gasteiger partial charge is 0.455 e. The van der Waals surface area contributed by atoms with Gasteiger partial charge in [-0.15, -0.1) is 0 Å². The SMILES string of the molecule is CC1(F)CCC(F)(F)c2ncc3c(c21)c1cc2c(oc4c(-c5ccccc5)c5c(oc6ccccc65)c(-c5ccccc5)c42)c2c4c5c(ncc4n3c12)C(F)(F)CCC5(F)F.F. The monoisotopic (exact) mass is 843 g/mol. The fourth-order valence-corrected chi connectivity index (χ4v) is 10.6. The molecule has 0 radical (unpaired) electrons. The number of pyridine rings is 2. The Morgan fingerprint density at radius 3 is 1.71 bits per heavy atom. The van der Waals surface area contributed by atoms with Gasteiger partial charge in [-0.1, -0.05) is 78.9 Å². The maximum Gasteiger partial charge on any atom is 0.290 e. The van der Waals surface area contributed by atoms with Gasteiger partial charge in [0.1, 0.15) is 39.4 Å². The average Bonchev–Trinajstić information content (AvgIpc) is 4.00. The molecule has 2 aliphatic carbocycles. The molecule has 0 fully saturated rings. The first-order chi connectivity index (χ1) is 29.3. The zero-order valence-corrected chi connectivity index (χ0v) is 32.4. The summed E-state index contributed by atoms with van der Waals surface area (Å²) in [5, 5.41) is 2.62. The fraction of sp³-hybridized carbons (Fsp3) is 0.184. The van der Waals surface area contributed by atoms with Crippen LogP contribution in [-0.2, 0) is 23.4 Å². The van der Waals surface area contributed by atoms with E-state index in [2.05, 4.69) is 9.97 Å². The van der Waals surface area contributed by atoms with Crippen LogP contribution in [0.3, 0.4) is 0 Å². The van der Waals surface area contributed by atoms with Gasteiger partial charge in [0.25, 0.3) is 17.8 Å². The summed E-state index contributed by atoms with van der Waals surface area (Å²) in [5.41, 5.74) is -0.573. The number of halogens is 8. The van der Waals surface area contributed by atoms with Crippen molar-refractivity contribution in [1.82, 2.24) is 14.4 Å². The topological polar surface area (TPSA) is 56.5 Å². The predicted octanol–water partition coefficient (Wildman–Crippen LogP) is 15.0. The lowest BCUT2D eigenvalue weighted by Gasteiger charge is -2.33. The molecule has 6 aromatic heterocycles. The average molecular weight is 844 g/mol. The molecule has 1 unspecified atom stereocenters. The van der Waals surface area contributed by atoms with Gasteiger partial charge in [-0.05, 0) is 36.6 Å². The number of hydrogen-bond acceptors (Lipinski definition) is 4. The Morgan fingerprint density at radius 2 is 1.05 bits per heavy atom. The Bertz CT molecular complexity index is 3720. The molecule has 11 aromatic rings. The first-order valence-electron chi connectivity index (χ1n) is 20.0. The lowest BCUT2D eigenvalue weighted by atomic mass is 9.80. The third kappa shape index (κ3) is 4.47. The summed E-state index contributed by atoms with van der Waals surface area (Å²) in [7, 11) is 0. The summed E-state index contributed by atoms with van der Waals surface area (Å²) in [6.45, 7) is 1.25. The van der Waals surface area contributed by atoms with E-state index in [1.165, 1.54) is 17.5 Å². The lowest BCUT2D eigenvalue weighted by Crippen LogP contribution is -2.32. The van der Waals surface area contributed by atoms with Crippen molar-refractivity contribution in [2.24, 2.45) is 0 Å². The summed E-state index contributed by atoms with van der Waals surface area (Å²) < 4.78 is 129. The Balaban J connectivity index is 0.00000410. The fourth-order valence-electron chi connectivity index (χ4n) is 10.6. The van der Waals surface area contributed by atoms with Gasteiger partial charge in [-0.25, -0.2) is 13.2 Å². The van der Waals surface area contributed by atoms with E-state index in [1.54, 1.807) is 6.07 Å². The number of aromatic nitrogens is 3. The smallest absolute Gasteiger partial charge is 0.290 e. The lowest BCUT2D eigenvalue weighted by molar-refractivity contribution is -0.0976. The van der Waals surface area contributed by atoms with Gasteiger partial charge in [-0.3, -0.25) is 14.7 Å². The summed E-state index contributed by atoms with van der Waals surface area (Å²) in [6, 6.07) is 28.2. The van der Waals surface area contributed by atoms with Gasteiger partial charge in [0.05, 0.1) is 39.9 Å². The minimum atomic E-state index is -3.74. The maximum absolute atomic E-state index is 17.0. The highest BCUT2D eigenvalue weighted by molar-refractivity contribution is 6.37. The number of fused-ring (bicyclic) bond motifs is 17. The third-order valence-corrected chi connectivity index (χ3v) is 13.2. The van der Waals surface area contributed by atoms with Crippen LogP contribution < -0.4 is 0 Å². The van der Waals surface area contributed by atoms with Crippen molar-refractivity contribution >= 4 is 82.0 Å². The Labute approximate surface area is 344 Å². The second kappa shape index (κ2) is 11.8. The van der Waals surface area contributed by atoms with Crippen molar-refractivity contribution in [1.29, 1.82) is 0 Å². The van der Waals surface area contributed by atoms with Crippen molar-refractivity contribution < 1.29 is 44.3 Å². The molecule has 0 N–H and O–H groups in total. The van der Waals surface area contributed by atoms with Crippen molar-refractivity contribution in [3.63, 3.8) is 0 Å². The van der Waals surface area contributed by atoms with Gasteiger partial charge in [0.15, 0.2) is 0 Å². The van der Waals surface area contributed by atoms with Crippen LogP contribution in [0.4, 0.5) is 35.4 Å². The van der Waals surface area contributed by atoms with E-state index in [0.717, 1.165) is 28.1 Å². The molecule has 13 heteroatoms. The molecule has 0 aliphatic heterocycles. The van der Waals surface area contributed by atoms with E-state index in [-0.39, 0.29) is 53.9 Å². The van der Waals surface area contributed by atoms with E-state index in [1.807, 2.05) is 84.9 Å². The van der Waals surface area contributed by atoms with Crippen LogP contribution in [-0.4, -0.2) is 14.4 Å². The molecule has 0 saturated heterocycles. The third-order valence-electron chi connectivity index (χ3n) is 13.2. The normalized spacial score (nSPS) is 19.4. The second-order valence-corrected chi connectivity index (χ2v) is 16.7. The molecule has 13 rings (SSSR count).